The van der Waals surface area contributed by atoms with Crippen LogP contribution in [0.5, 0.6) is 11.5 Å². The highest BCUT2D eigenvalue weighted by Gasteiger charge is 2.10. The molecule has 3 rings (SSSR count). The van der Waals surface area contributed by atoms with Crippen LogP contribution in [0.3, 0.4) is 0 Å². The van der Waals surface area contributed by atoms with E-state index in [-0.39, 0.29) is 0 Å². The zero-order valence-electron chi connectivity index (χ0n) is 15.6. The molecule has 0 amide bonds. The highest BCUT2D eigenvalue weighted by molar-refractivity contribution is 5.96. The van der Waals surface area contributed by atoms with Gasteiger partial charge in [-0.15, -0.1) is 0 Å². The van der Waals surface area contributed by atoms with Crippen LogP contribution < -0.4 is 9.47 Å². The molecule has 0 unspecified atom stereocenters. The number of hydrogen-bond donors (Lipinski definition) is 0. The van der Waals surface area contributed by atoms with E-state index in [0.29, 0.717) is 5.90 Å². The molecule has 0 spiro atoms. The second-order valence-corrected chi connectivity index (χ2v) is 6.10. The summed E-state index contributed by atoms with van der Waals surface area (Å²) in [7, 11) is 0. The van der Waals surface area contributed by atoms with Crippen LogP contribution in [0.1, 0.15) is 18.9 Å². The fourth-order valence-electron chi connectivity index (χ4n) is 2.42. The molecule has 0 aliphatic carbocycles. The number of aryl methyl sites for hydroxylation is 1. The van der Waals surface area contributed by atoms with Gasteiger partial charge in [-0.3, -0.25) is 0 Å². The largest absolute Gasteiger partial charge is 0.465 e. The van der Waals surface area contributed by atoms with Crippen molar-refractivity contribution < 1.29 is 9.47 Å². The molecule has 3 aromatic rings. The number of hydrogen-bond acceptors (Lipinski definition) is 3. The SMILES string of the molecule is CCC(=C\Oc1ccc(C)cc1)/C(=N/c1ccccc1)Oc1ccccc1. The van der Waals surface area contributed by atoms with Crippen LogP contribution in [0, 0.1) is 6.92 Å². The first-order valence-corrected chi connectivity index (χ1v) is 9.04. The fourth-order valence-corrected chi connectivity index (χ4v) is 2.42. The van der Waals surface area contributed by atoms with Crippen molar-refractivity contribution in [2.24, 2.45) is 4.99 Å². The minimum atomic E-state index is 0.530. The van der Waals surface area contributed by atoms with Crippen LogP contribution in [-0.2, 0) is 0 Å². The molecule has 0 heterocycles. The van der Waals surface area contributed by atoms with Crippen molar-refractivity contribution in [2.75, 3.05) is 0 Å². The van der Waals surface area contributed by atoms with Crippen molar-refractivity contribution in [3.63, 3.8) is 0 Å². The molecule has 0 fully saturated rings. The molecule has 0 aromatic heterocycles. The maximum atomic E-state index is 6.08. The third-order valence-electron chi connectivity index (χ3n) is 3.96. The zero-order valence-corrected chi connectivity index (χ0v) is 15.6. The van der Waals surface area contributed by atoms with Crippen LogP contribution in [0.25, 0.3) is 0 Å². The van der Waals surface area contributed by atoms with Gasteiger partial charge in [0.05, 0.1) is 11.9 Å². The molecule has 0 saturated heterocycles. The Morgan fingerprint density at radius 3 is 2.07 bits per heavy atom. The summed E-state index contributed by atoms with van der Waals surface area (Å²) in [6.07, 6.45) is 2.44. The summed E-state index contributed by atoms with van der Waals surface area (Å²) in [5.41, 5.74) is 2.90. The van der Waals surface area contributed by atoms with Gasteiger partial charge in [-0.1, -0.05) is 61.0 Å². The molecular weight excluding hydrogens is 334 g/mol. The maximum Gasteiger partial charge on any atom is 0.226 e. The summed E-state index contributed by atoms with van der Waals surface area (Å²) in [6.45, 7) is 4.11. The molecule has 27 heavy (non-hydrogen) atoms. The Morgan fingerprint density at radius 1 is 0.815 bits per heavy atom. The summed E-state index contributed by atoms with van der Waals surface area (Å²) >= 11 is 0. The fraction of sp³-hybridized carbons (Fsp3) is 0.125. The molecule has 3 heteroatoms. The molecule has 0 atom stereocenters. The first kappa shape index (κ1) is 18.5. The Hall–Kier alpha value is -3.33. The van der Waals surface area contributed by atoms with Gasteiger partial charge in [-0.2, -0.15) is 0 Å². The average molecular weight is 357 g/mol. The van der Waals surface area contributed by atoms with E-state index >= 15 is 0 Å². The van der Waals surface area contributed by atoms with E-state index in [2.05, 4.69) is 13.8 Å². The Labute approximate surface area is 160 Å². The summed E-state index contributed by atoms with van der Waals surface area (Å²) in [5.74, 6) is 2.05. The van der Waals surface area contributed by atoms with Crippen LogP contribution in [0.2, 0.25) is 0 Å². The van der Waals surface area contributed by atoms with Crippen molar-refractivity contribution in [3.8, 4) is 11.5 Å². The average Bonchev–Trinajstić information content (AvgIpc) is 2.71. The van der Waals surface area contributed by atoms with Crippen LogP contribution >= 0.6 is 0 Å². The van der Waals surface area contributed by atoms with E-state index in [1.54, 1.807) is 6.26 Å². The molecule has 3 nitrogen and oxygen atoms in total. The molecule has 0 aliphatic heterocycles. The third kappa shape index (κ3) is 5.58. The number of para-hydroxylation sites is 2. The smallest absolute Gasteiger partial charge is 0.226 e. The lowest BCUT2D eigenvalue weighted by molar-refractivity contribution is 0.471. The van der Waals surface area contributed by atoms with E-state index in [9.17, 15) is 0 Å². The normalized spacial score (nSPS) is 11.9. The van der Waals surface area contributed by atoms with Crippen LogP contribution in [0.4, 0.5) is 5.69 Å². The van der Waals surface area contributed by atoms with Crippen molar-refractivity contribution in [1.82, 2.24) is 0 Å². The minimum Gasteiger partial charge on any atom is -0.465 e. The molecular formula is C24H23NO2. The Balaban J connectivity index is 1.90. The van der Waals surface area contributed by atoms with Gasteiger partial charge in [0.1, 0.15) is 11.5 Å². The van der Waals surface area contributed by atoms with Gasteiger partial charge in [0.25, 0.3) is 0 Å². The zero-order chi connectivity index (χ0) is 18.9. The summed E-state index contributed by atoms with van der Waals surface area (Å²) in [6, 6.07) is 27.4. The van der Waals surface area contributed by atoms with Crippen molar-refractivity contribution >= 4 is 11.6 Å². The highest BCUT2D eigenvalue weighted by Crippen LogP contribution is 2.20. The van der Waals surface area contributed by atoms with E-state index in [4.69, 9.17) is 14.5 Å². The molecule has 0 bridgehead atoms. The first-order chi connectivity index (χ1) is 13.2. The Morgan fingerprint density at radius 2 is 1.44 bits per heavy atom. The van der Waals surface area contributed by atoms with E-state index in [1.165, 1.54) is 5.56 Å². The highest BCUT2D eigenvalue weighted by atomic mass is 16.5. The van der Waals surface area contributed by atoms with Crippen LogP contribution in [0.15, 0.2) is 102 Å². The Bertz CT molecular complexity index is 898. The lowest BCUT2D eigenvalue weighted by Gasteiger charge is -2.12. The van der Waals surface area contributed by atoms with Gasteiger partial charge in [0, 0.05) is 5.57 Å². The van der Waals surface area contributed by atoms with E-state index < -0.39 is 0 Å². The van der Waals surface area contributed by atoms with Crippen molar-refractivity contribution in [2.45, 2.75) is 20.3 Å². The first-order valence-electron chi connectivity index (χ1n) is 9.04. The second kappa shape index (κ2) is 9.39. The molecule has 0 aliphatic rings. The number of ether oxygens (including phenoxy) is 2. The van der Waals surface area contributed by atoms with Gasteiger partial charge in [-0.25, -0.2) is 4.99 Å². The van der Waals surface area contributed by atoms with Gasteiger partial charge < -0.3 is 9.47 Å². The summed E-state index contributed by atoms with van der Waals surface area (Å²) in [5, 5.41) is 0. The van der Waals surface area contributed by atoms with Gasteiger partial charge in [0.15, 0.2) is 0 Å². The number of nitrogens with zero attached hydrogens (tertiary/aromatic N) is 1. The van der Waals surface area contributed by atoms with Crippen molar-refractivity contribution in [3.05, 3.63) is 102 Å². The molecule has 0 radical (unpaired) electrons. The molecule has 3 aromatic carbocycles. The van der Waals surface area contributed by atoms with Crippen LogP contribution in [-0.4, -0.2) is 5.90 Å². The maximum absolute atomic E-state index is 6.08. The minimum absolute atomic E-state index is 0.530. The quantitative estimate of drug-likeness (QED) is 0.287. The van der Waals surface area contributed by atoms with E-state index in [1.807, 2.05) is 84.9 Å². The summed E-state index contributed by atoms with van der Waals surface area (Å²) in [4.78, 5) is 4.70. The number of rotatable bonds is 6. The van der Waals surface area contributed by atoms with Gasteiger partial charge >= 0.3 is 0 Å². The molecule has 0 saturated carbocycles. The second-order valence-electron chi connectivity index (χ2n) is 6.10. The van der Waals surface area contributed by atoms with Crippen molar-refractivity contribution in [1.29, 1.82) is 0 Å². The Kier molecular flexibility index (Phi) is 6.42. The molecule has 136 valence electrons. The van der Waals surface area contributed by atoms with E-state index in [0.717, 1.165) is 29.2 Å². The predicted octanol–water partition coefficient (Wildman–Crippen LogP) is 6.48. The van der Waals surface area contributed by atoms with Gasteiger partial charge in [-0.05, 0) is 49.7 Å². The van der Waals surface area contributed by atoms with Gasteiger partial charge in [0.2, 0.25) is 5.90 Å². The topological polar surface area (TPSA) is 30.8 Å². The predicted molar refractivity (Wildman–Crippen MR) is 111 cm³/mol. The monoisotopic (exact) mass is 357 g/mol. The molecule has 0 N–H and O–H groups in total. The number of benzene rings is 3. The summed E-state index contributed by atoms with van der Waals surface area (Å²) < 4.78 is 11.9. The third-order valence-corrected chi connectivity index (χ3v) is 3.96. The standard InChI is InChI=1S/C24H23NO2/c1-3-20(18-26-22-16-14-19(2)15-17-22)24(25-21-10-6-4-7-11-21)27-23-12-8-5-9-13-23/h4-18H,3H2,1-2H3/b20-18+,25-24-. The lowest BCUT2D eigenvalue weighted by atomic mass is 10.2. The number of aliphatic imine (C=N–C) groups is 1. The lowest BCUT2D eigenvalue weighted by Crippen LogP contribution is -2.12.